The zero-order chi connectivity index (χ0) is 19.0. The Labute approximate surface area is 153 Å². The van der Waals surface area contributed by atoms with Gasteiger partial charge in [-0.25, -0.2) is 13.8 Å². The van der Waals surface area contributed by atoms with Crippen molar-refractivity contribution in [1.29, 1.82) is 0 Å². The summed E-state index contributed by atoms with van der Waals surface area (Å²) in [4.78, 5) is 29.5. The quantitative estimate of drug-likeness (QED) is 0.522. The van der Waals surface area contributed by atoms with Crippen molar-refractivity contribution < 1.29 is 13.9 Å². The van der Waals surface area contributed by atoms with Crippen molar-refractivity contribution in [3.63, 3.8) is 0 Å². The van der Waals surface area contributed by atoms with Gasteiger partial charge in [0, 0.05) is 11.6 Å². The summed E-state index contributed by atoms with van der Waals surface area (Å²) in [7, 11) is 0. The highest BCUT2D eigenvalue weighted by Gasteiger charge is 2.17. The summed E-state index contributed by atoms with van der Waals surface area (Å²) in [6.45, 7) is 1.94. The fourth-order valence-corrected chi connectivity index (χ4v) is 3.13. The first-order valence-electron chi connectivity index (χ1n) is 8.51. The van der Waals surface area contributed by atoms with Crippen molar-refractivity contribution in [3.05, 3.63) is 70.8 Å². The lowest BCUT2D eigenvalue weighted by molar-refractivity contribution is -0.143. The standard InChI is InChI=1S/C20H16FN3O3/c1-2-27-19(26)12-23-16-5-3-4-6-17(16)24-18(25)11-15(22-20(23)24)13-7-9-14(21)10-8-13/h3-11H,2,12H2,1H3. The number of halogens is 1. The zero-order valence-corrected chi connectivity index (χ0v) is 14.6. The highest BCUT2D eigenvalue weighted by Crippen LogP contribution is 2.22. The van der Waals surface area contributed by atoms with Crippen LogP contribution in [-0.4, -0.2) is 26.5 Å². The second-order valence-electron chi connectivity index (χ2n) is 6.00. The molecule has 0 aliphatic carbocycles. The van der Waals surface area contributed by atoms with Crippen LogP contribution in [0.1, 0.15) is 6.92 Å². The van der Waals surface area contributed by atoms with Crippen LogP contribution >= 0.6 is 0 Å². The van der Waals surface area contributed by atoms with Gasteiger partial charge in [-0.3, -0.25) is 14.2 Å². The van der Waals surface area contributed by atoms with Crippen LogP contribution in [0.15, 0.2) is 59.4 Å². The van der Waals surface area contributed by atoms with E-state index >= 15 is 0 Å². The summed E-state index contributed by atoms with van der Waals surface area (Å²) >= 11 is 0. The molecule has 0 aliphatic heterocycles. The van der Waals surface area contributed by atoms with E-state index in [9.17, 15) is 14.0 Å². The molecular weight excluding hydrogens is 349 g/mol. The maximum atomic E-state index is 13.2. The molecule has 7 heteroatoms. The molecule has 0 saturated carbocycles. The number of nitrogens with zero attached hydrogens (tertiary/aromatic N) is 3. The van der Waals surface area contributed by atoms with Crippen molar-refractivity contribution in [3.8, 4) is 11.3 Å². The molecule has 0 unspecified atom stereocenters. The summed E-state index contributed by atoms with van der Waals surface area (Å²) in [6, 6.07) is 14.4. The van der Waals surface area contributed by atoms with Gasteiger partial charge in [0.2, 0.25) is 5.78 Å². The van der Waals surface area contributed by atoms with Crippen LogP contribution in [0.2, 0.25) is 0 Å². The van der Waals surface area contributed by atoms with E-state index in [0.29, 0.717) is 28.1 Å². The molecule has 0 radical (unpaired) electrons. The Hall–Kier alpha value is -3.48. The van der Waals surface area contributed by atoms with Gasteiger partial charge < -0.3 is 4.74 Å². The van der Waals surface area contributed by atoms with E-state index in [0.717, 1.165) is 0 Å². The molecule has 4 rings (SSSR count). The molecule has 2 heterocycles. The van der Waals surface area contributed by atoms with Gasteiger partial charge >= 0.3 is 5.97 Å². The first-order valence-corrected chi connectivity index (χ1v) is 8.51. The maximum absolute atomic E-state index is 13.2. The number of esters is 1. The fourth-order valence-electron chi connectivity index (χ4n) is 3.13. The highest BCUT2D eigenvalue weighted by molar-refractivity contribution is 5.83. The Morgan fingerprint density at radius 3 is 2.52 bits per heavy atom. The third-order valence-corrected chi connectivity index (χ3v) is 4.29. The van der Waals surface area contributed by atoms with Crippen LogP contribution in [0.4, 0.5) is 4.39 Å². The van der Waals surface area contributed by atoms with Crippen molar-refractivity contribution >= 4 is 22.8 Å². The number of carbonyl (C=O) groups is 1. The van der Waals surface area contributed by atoms with Gasteiger partial charge in [0.1, 0.15) is 12.4 Å². The summed E-state index contributed by atoms with van der Waals surface area (Å²) < 4.78 is 21.4. The third kappa shape index (κ3) is 2.97. The van der Waals surface area contributed by atoms with Crippen LogP contribution < -0.4 is 5.56 Å². The van der Waals surface area contributed by atoms with Crippen LogP contribution in [0.3, 0.4) is 0 Å². The molecule has 2 aromatic carbocycles. The van der Waals surface area contributed by atoms with Crippen LogP contribution in [-0.2, 0) is 16.1 Å². The van der Waals surface area contributed by atoms with Gasteiger partial charge in [-0.15, -0.1) is 0 Å². The molecule has 2 aromatic heterocycles. The van der Waals surface area contributed by atoms with E-state index in [4.69, 9.17) is 4.74 Å². The first-order chi connectivity index (χ1) is 13.1. The molecule has 0 spiro atoms. The molecule has 0 amide bonds. The van der Waals surface area contributed by atoms with Crippen molar-refractivity contribution in [2.45, 2.75) is 13.5 Å². The molecule has 0 fully saturated rings. The van der Waals surface area contributed by atoms with Gasteiger partial charge in [-0.1, -0.05) is 12.1 Å². The predicted molar refractivity (Wildman–Crippen MR) is 99.0 cm³/mol. The highest BCUT2D eigenvalue weighted by atomic mass is 19.1. The number of imidazole rings is 1. The number of fused-ring (bicyclic) bond motifs is 3. The molecule has 4 aromatic rings. The summed E-state index contributed by atoms with van der Waals surface area (Å²) in [5, 5.41) is 0. The average molecular weight is 365 g/mol. The van der Waals surface area contributed by atoms with E-state index in [1.54, 1.807) is 29.7 Å². The molecule has 27 heavy (non-hydrogen) atoms. The molecule has 0 N–H and O–H groups in total. The fraction of sp³-hybridized carbons (Fsp3) is 0.150. The number of ether oxygens (including phenoxy) is 1. The first kappa shape index (κ1) is 17.0. The third-order valence-electron chi connectivity index (χ3n) is 4.29. The number of rotatable bonds is 4. The Bertz CT molecular complexity index is 1210. The van der Waals surface area contributed by atoms with E-state index in [-0.39, 0.29) is 24.5 Å². The SMILES string of the molecule is CCOC(=O)Cn1c2ccccc2n2c(=O)cc(-c3ccc(F)cc3)nc12. The van der Waals surface area contributed by atoms with E-state index in [2.05, 4.69) is 4.98 Å². The maximum Gasteiger partial charge on any atom is 0.326 e. The van der Waals surface area contributed by atoms with Gasteiger partial charge in [-0.05, 0) is 43.3 Å². The Morgan fingerprint density at radius 2 is 1.81 bits per heavy atom. The molecule has 136 valence electrons. The largest absolute Gasteiger partial charge is 0.465 e. The topological polar surface area (TPSA) is 65.6 Å². The normalized spacial score (nSPS) is 11.2. The zero-order valence-electron chi connectivity index (χ0n) is 14.6. The van der Waals surface area contributed by atoms with Crippen LogP contribution in [0.25, 0.3) is 28.1 Å². The molecule has 0 bridgehead atoms. The minimum absolute atomic E-state index is 0.0653. The summed E-state index contributed by atoms with van der Waals surface area (Å²) in [6.07, 6.45) is 0. The predicted octanol–water partition coefficient (Wildman–Crippen LogP) is 3.02. The van der Waals surface area contributed by atoms with Gasteiger partial charge in [-0.2, -0.15) is 0 Å². The second-order valence-corrected chi connectivity index (χ2v) is 6.00. The number of carbonyl (C=O) groups excluding carboxylic acids is 1. The summed E-state index contributed by atoms with van der Waals surface area (Å²) in [5.41, 5.74) is 2.10. The lowest BCUT2D eigenvalue weighted by Gasteiger charge is -2.07. The number of benzene rings is 2. The Kier molecular flexibility index (Phi) is 4.19. The van der Waals surface area contributed by atoms with E-state index < -0.39 is 5.97 Å². The number of hydrogen-bond donors (Lipinski definition) is 0. The van der Waals surface area contributed by atoms with Crippen molar-refractivity contribution in [2.24, 2.45) is 0 Å². The minimum atomic E-state index is -0.415. The molecule has 0 atom stereocenters. The molecular formula is C20H16FN3O3. The number of hydrogen-bond acceptors (Lipinski definition) is 4. The lowest BCUT2D eigenvalue weighted by Crippen LogP contribution is -2.17. The Morgan fingerprint density at radius 1 is 1.11 bits per heavy atom. The van der Waals surface area contributed by atoms with Gasteiger partial charge in [0.25, 0.3) is 5.56 Å². The monoisotopic (exact) mass is 365 g/mol. The minimum Gasteiger partial charge on any atom is -0.465 e. The van der Waals surface area contributed by atoms with Crippen molar-refractivity contribution in [1.82, 2.24) is 14.0 Å². The smallest absolute Gasteiger partial charge is 0.326 e. The molecule has 0 saturated heterocycles. The second kappa shape index (κ2) is 6.68. The van der Waals surface area contributed by atoms with Gasteiger partial charge in [0.15, 0.2) is 0 Å². The van der Waals surface area contributed by atoms with E-state index in [1.807, 2.05) is 18.2 Å². The van der Waals surface area contributed by atoms with Crippen LogP contribution in [0, 0.1) is 5.82 Å². The molecule has 0 aliphatic rings. The van der Waals surface area contributed by atoms with Crippen molar-refractivity contribution in [2.75, 3.05) is 6.61 Å². The average Bonchev–Trinajstić information content (AvgIpc) is 2.97. The molecule has 6 nitrogen and oxygen atoms in total. The van der Waals surface area contributed by atoms with E-state index in [1.165, 1.54) is 22.6 Å². The summed E-state index contributed by atoms with van der Waals surface area (Å²) in [5.74, 6) is -0.453. The number of aromatic nitrogens is 3. The lowest BCUT2D eigenvalue weighted by atomic mass is 10.1. The van der Waals surface area contributed by atoms with Crippen LogP contribution in [0.5, 0.6) is 0 Å². The number of para-hydroxylation sites is 2. The Balaban J connectivity index is 1.99. The van der Waals surface area contributed by atoms with Gasteiger partial charge in [0.05, 0.1) is 23.3 Å².